The van der Waals surface area contributed by atoms with E-state index in [1.165, 1.54) is 30.4 Å². The highest BCUT2D eigenvalue weighted by molar-refractivity contribution is 6.08. The molecule has 0 aromatic heterocycles. The standard InChI is InChI=1S/C15H12O4/c16-11-6-7-12(15(19)9-11)14(18)8-5-10-3-1-2-4-13(10)17/h1-9,16-17,19H. The highest BCUT2D eigenvalue weighted by Crippen LogP contribution is 2.24. The summed E-state index contributed by atoms with van der Waals surface area (Å²) in [5.74, 6) is -0.743. The van der Waals surface area contributed by atoms with Crippen LogP contribution in [-0.4, -0.2) is 21.1 Å². The number of benzene rings is 2. The summed E-state index contributed by atoms with van der Waals surface area (Å²) < 4.78 is 0. The third-order valence-electron chi connectivity index (χ3n) is 2.60. The fourth-order valence-electron chi connectivity index (χ4n) is 1.61. The van der Waals surface area contributed by atoms with Crippen molar-refractivity contribution < 1.29 is 20.1 Å². The molecule has 0 spiro atoms. The number of allylic oxidation sites excluding steroid dienone is 1. The van der Waals surface area contributed by atoms with Gasteiger partial charge in [-0.05, 0) is 30.4 Å². The third kappa shape index (κ3) is 2.93. The lowest BCUT2D eigenvalue weighted by Crippen LogP contribution is -1.94. The first kappa shape index (κ1) is 12.7. The molecule has 0 aliphatic heterocycles. The van der Waals surface area contributed by atoms with Crippen molar-refractivity contribution in [2.75, 3.05) is 0 Å². The average molecular weight is 256 g/mol. The second-order valence-electron chi connectivity index (χ2n) is 3.96. The lowest BCUT2D eigenvalue weighted by Gasteiger charge is -2.01. The van der Waals surface area contributed by atoms with Gasteiger partial charge < -0.3 is 15.3 Å². The van der Waals surface area contributed by atoms with Gasteiger partial charge in [-0.15, -0.1) is 0 Å². The van der Waals surface area contributed by atoms with Gasteiger partial charge in [0, 0.05) is 11.6 Å². The first-order valence-corrected chi connectivity index (χ1v) is 5.60. The summed E-state index contributed by atoms with van der Waals surface area (Å²) >= 11 is 0. The van der Waals surface area contributed by atoms with Crippen LogP contribution in [0.2, 0.25) is 0 Å². The van der Waals surface area contributed by atoms with E-state index in [0.717, 1.165) is 6.07 Å². The van der Waals surface area contributed by atoms with Crippen LogP contribution in [0.3, 0.4) is 0 Å². The Bertz CT molecular complexity index is 644. The lowest BCUT2D eigenvalue weighted by molar-refractivity contribution is 0.104. The van der Waals surface area contributed by atoms with Gasteiger partial charge in [0.25, 0.3) is 0 Å². The second kappa shape index (κ2) is 5.27. The zero-order valence-corrected chi connectivity index (χ0v) is 9.95. The predicted octanol–water partition coefficient (Wildman–Crippen LogP) is 2.70. The van der Waals surface area contributed by atoms with Gasteiger partial charge in [0.2, 0.25) is 0 Å². The molecule has 0 fully saturated rings. The number of rotatable bonds is 3. The zero-order valence-electron chi connectivity index (χ0n) is 9.95. The SMILES string of the molecule is O=C(C=Cc1ccccc1O)c1ccc(O)cc1O. The molecule has 0 aliphatic carbocycles. The molecule has 0 radical (unpaired) electrons. The molecule has 19 heavy (non-hydrogen) atoms. The molecular weight excluding hydrogens is 244 g/mol. The van der Waals surface area contributed by atoms with Gasteiger partial charge in [-0.2, -0.15) is 0 Å². The van der Waals surface area contributed by atoms with Crippen LogP contribution in [0, 0.1) is 0 Å². The average Bonchev–Trinajstić information content (AvgIpc) is 2.37. The minimum absolute atomic E-state index is 0.0708. The molecule has 0 unspecified atom stereocenters. The van der Waals surface area contributed by atoms with Crippen LogP contribution in [0.25, 0.3) is 6.08 Å². The Labute approximate surface area is 109 Å². The van der Waals surface area contributed by atoms with E-state index in [2.05, 4.69) is 0 Å². The van der Waals surface area contributed by atoms with Crippen molar-refractivity contribution in [3.63, 3.8) is 0 Å². The first-order chi connectivity index (χ1) is 9.08. The molecule has 0 atom stereocenters. The van der Waals surface area contributed by atoms with Crippen molar-refractivity contribution in [1.82, 2.24) is 0 Å². The van der Waals surface area contributed by atoms with Crippen molar-refractivity contribution in [2.24, 2.45) is 0 Å². The molecule has 0 saturated heterocycles. The summed E-state index contributed by atoms with van der Waals surface area (Å²) in [6.45, 7) is 0. The van der Waals surface area contributed by atoms with Crippen LogP contribution in [0.1, 0.15) is 15.9 Å². The van der Waals surface area contributed by atoms with Gasteiger partial charge >= 0.3 is 0 Å². The second-order valence-corrected chi connectivity index (χ2v) is 3.96. The Morgan fingerprint density at radius 3 is 2.37 bits per heavy atom. The molecule has 4 heteroatoms. The maximum absolute atomic E-state index is 11.9. The van der Waals surface area contributed by atoms with E-state index in [1.54, 1.807) is 18.2 Å². The number of phenolic OH excluding ortho intramolecular Hbond substituents is 3. The van der Waals surface area contributed by atoms with Gasteiger partial charge in [0.1, 0.15) is 17.2 Å². The summed E-state index contributed by atoms with van der Waals surface area (Å²) in [6.07, 6.45) is 2.71. The van der Waals surface area contributed by atoms with Crippen molar-refractivity contribution >= 4 is 11.9 Å². The van der Waals surface area contributed by atoms with Crippen LogP contribution in [0.15, 0.2) is 48.5 Å². The topological polar surface area (TPSA) is 77.8 Å². The van der Waals surface area contributed by atoms with Crippen molar-refractivity contribution in [3.05, 3.63) is 59.7 Å². The van der Waals surface area contributed by atoms with Crippen molar-refractivity contribution in [2.45, 2.75) is 0 Å². The Kier molecular flexibility index (Phi) is 3.52. The van der Waals surface area contributed by atoms with Crippen LogP contribution >= 0.6 is 0 Å². The summed E-state index contributed by atoms with van der Waals surface area (Å²) in [7, 11) is 0. The molecule has 4 nitrogen and oxygen atoms in total. The molecule has 2 rings (SSSR count). The van der Waals surface area contributed by atoms with E-state index < -0.39 is 5.78 Å². The monoisotopic (exact) mass is 256 g/mol. The molecule has 0 bridgehead atoms. The van der Waals surface area contributed by atoms with Crippen LogP contribution in [0.4, 0.5) is 0 Å². The molecule has 2 aromatic carbocycles. The number of carbonyl (C=O) groups is 1. The van der Waals surface area contributed by atoms with Gasteiger partial charge in [0.05, 0.1) is 5.56 Å². The largest absolute Gasteiger partial charge is 0.508 e. The molecular formula is C15H12O4. The van der Waals surface area contributed by atoms with Gasteiger partial charge in [-0.1, -0.05) is 18.2 Å². The van der Waals surface area contributed by atoms with Crippen molar-refractivity contribution in [1.29, 1.82) is 0 Å². The molecule has 96 valence electrons. The van der Waals surface area contributed by atoms with Crippen LogP contribution in [-0.2, 0) is 0 Å². The Morgan fingerprint density at radius 2 is 1.68 bits per heavy atom. The molecule has 3 N–H and O–H groups in total. The molecule has 0 heterocycles. The van der Waals surface area contributed by atoms with E-state index in [9.17, 15) is 15.0 Å². The fraction of sp³-hybridized carbons (Fsp3) is 0. The van der Waals surface area contributed by atoms with E-state index in [0.29, 0.717) is 5.56 Å². The van der Waals surface area contributed by atoms with Gasteiger partial charge in [-0.25, -0.2) is 0 Å². The minimum atomic E-state index is -0.416. The Hall–Kier alpha value is -2.75. The first-order valence-electron chi connectivity index (χ1n) is 5.60. The van der Waals surface area contributed by atoms with Crippen molar-refractivity contribution in [3.8, 4) is 17.2 Å². The van der Waals surface area contributed by atoms with Crippen LogP contribution in [0.5, 0.6) is 17.2 Å². The lowest BCUT2D eigenvalue weighted by atomic mass is 10.1. The number of phenols is 3. The number of hydrogen-bond acceptors (Lipinski definition) is 4. The number of carbonyl (C=O) groups excluding carboxylic acids is 1. The number of hydrogen-bond donors (Lipinski definition) is 3. The Morgan fingerprint density at radius 1 is 0.947 bits per heavy atom. The quantitative estimate of drug-likeness (QED) is 0.583. The van der Waals surface area contributed by atoms with E-state index >= 15 is 0 Å². The maximum atomic E-state index is 11.9. The molecule has 2 aromatic rings. The number of ketones is 1. The molecule has 0 amide bonds. The molecule has 0 aliphatic rings. The van der Waals surface area contributed by atoms with E-state index in [-0.39, 0.29) is 22.8 Å². The maximum Gasteiger partial charge on any atom is 0.189 e. The highest BCUT2D eigenvalue weighted by Gasteiger charge is 2.08. The Balaban J connectivity index is 2.24. The highest BCUT2D eigenvalue weighted by atomic mass is 16.3. The van der Waals surface area contributed by atoms with Gasteiger partial charge in [0.15, 0.2) is 5.78 Å². The third-order valence-corrected chi connectivity index (χ3v) is 2.60. The molecule has 0 saturated carbocycles. The normalized spacial score (nSPS) is 10.7. The zero-order chi connectivity index (χ0) is 13.8. The summed E-state index contributed by atoms with van der Waals surface area (Å²) in [6, 6.07) is 10.4. The predicted molar refractivity (Wildman–Crippen MR) is 71.2 cm³/mol. The summed E-state index contributed by atoms with van der Waals surface area (Å²) in [4.78, 5) is 11.9. The minimum Gasteiger partial charge on any atom is -0.508 e. The van der Waals surface area contributed by atoms with Crippen LogP contribution < -0.4 is 0 Å². The van der Waals surface area contributed by atoms with E-state index in [4.69, 9.17) is 5.11 Å². The van der Waals surface area contributed by atoms with Gasteiger partial charge in [-0.3, -0.25) is 4.79 Å². The number of para-hydroxylation sites is 1. The fourth-order valence-corrected chi connectivity index (χ4v) is 1.61. The number of aromatic hydroxyl groups is 3. The summed E-state index contributed by atoms with van der Waals surface area (Å²) in [5, 5.41) is 28.2. The summed E-state index contributed by atoms with van der Waals surface area (Å²) in [5.41, 5.74) is 0.596. The smallest absolute Gasteiger partial charge is 0.189 e. The van der Waals surface area contributed by atoms with E-state index in [1.807, 2.05) is 0 Å².